The Labute approximate surface area is 128 Å². The maximum Gasteiger partial charge on any atom is 0.226 e. The van der Waals surface area contributed by atoms with Gasteiger partial charge in [-0.3, -0.25) is 9.78 Å². The summed E-state index contributed by atoms with van der Waals surface area (Å²) in [6, 6.07) is 10.2. The number of aromatic nitrogens is 2. The molecule has 1 aliphatic rings. The minimum absolute atomic E-state index is 0.226. The summed E-state index contributed by atoms with van der Waals surface area (Å²) in [7, 11) is 0. The highest BCUT2D eigenvalue weighted by atomic mass is 16.2. The van der Waals surface area contributed by atoms with Crippen LogP contribution in [0.15, 0.2) is 48.9 Å². The van der Waals surface area contributed by atoms with Crippen LogP contribution in [0.2, 0.25) is 0 Å². The minimum atomic E-state index is 0.226. The number of hydrogen-bond acceptors (Lipinski definition) is 2. The summed E-state index contributed by atoms with van der Waals surface area (Å²) in [5.41, 5.74) is 4.29. The van der Waals surface area contributed by atoms with Gasteiger partial charge in [0.15, 0.2) is 0 Å². The van der Waals surface area contributed by atoms with Crippen LogP contribution in [0.5, 0.6) is 0 Å². The molecule has 4 rings (SSSR count). The highest BCUT2D eigenvalue weighted by Gasteiger charge is 2.20. The van der Waals surface area contributed by atoms with Gasteiger partial charge in [-0.2, -0.15) is 0 Å². The molecule has 0 spiro atoms. The molecule has 3 aromatic rings. The van der Waals surface area contributed by atoms with Crippen molar-refractivity contribution >= 4 is 22.5 Å². The second-order valence-electron chi connectivity index (χ2n) is 5.68. The average Bonchev–Trinajstić information content (AvgIpc) is 2.99. The third-order valence-electron chi connectivity index (χ3n) is 4.28. The molecule has 3 heterocycles. The van der Waals surface area contributed by atoms with E-state index in [1.807, 2.05) is 35.5 Å². The molecular weight excluding hydrogens is 274 g/mol. The molecule has 0 unspecified atom stereocenters. The molecule has 0 bridgehead atoms. The van der Waals surface area contributed by atoms with E-state index in [0.29, 0.717) is 6.42 Å². The number of rotatable bonds is 2. The lowest BCUT2D eigenvalue weighted by Gasteiger charge is -2.27. The molecule has 1 N–H and O–H groups in total. The summed E-state index contributed by atoms with van der Waals surface area (Å²) < 4.78 is 0. The molecule has 1 aromatic carbocycles. The Bertz CT molecular complexity index is 837. The van der Waals surface area contributed by atoms with E-state index in [1.165, 1.54) is 0 Å². The molecule has 4 heteroatoms. The smallest absolute Gasteiger partial charge is 0.226 e. The second-order valence-corrected chi connectivity index (χ2v) is 5.68. The molecular formula is C18H17N3O. The summed E-state index contributed by atoms with van der Waals surface area (Å²) >= 11 is 0. The number of carbonyl (C=O) groups excluding carboxylic acids is 1. The van der Waals surface area contributed by atoms with E-state index in [1.54, 1.807) is 6.20 Å². The van der Waals surface area contributed by atoms with Gasteiger partial charge in [-0.1, -0.05) is 12.1 Å². The van der Waals surface area contributed by atoms with Crippen molar-refractivity contribution < 1.29 is 4.79 Å². The van der Waals surface area contributed by atoms with Gasteiger partial charge < -0.3 is 9.88 Å². The van der Waals surface area contributed by atoms with Gasteiger partial charge in [0.25, 0.3) is 0 Å². The van der Waals surface area contributed by atoms with Crippen LogP contribution in [-0.2, 0) is 4.79 Å². The van der Waals surface area contributed by atoms with Crippen molar-refractivity contribution in [3.8, 4) is 11.1 Å². The summed E-state index contributed by atoms with van der Waals surface area (Å²) in [5, 5.41) is 1.10. The molecule has 0 saturated carbocycles. The normalized spacial score (nSPS) is 15.5. The highest BCUT2D eigenvalue weighted by Crippen LogP contribution is 2.31. The third kappa shape index (κ3) is 2.17. The first-order chi connectivity index (χ1) is 10.8. The number of carbonyl (C=O) groups is 1. The third-order valence-corrected chi connectivity index (χ3v) is 4.28. The Morgan fingerprint density at radius 1 is 1.18 bits per heavy atom. The lowest BCUT2D eigenvalue weighted by atomic mass is 10.0. The first-order valence-electron chi connectivity index (χ1n) is 7.65. The van der Waals surface area contributed by atoms with Gasteiger partial charge in [0, 0.05) is 53.7 Å². The zero-order valence-electron chi connectivity index (χ0n) is 12.2. The Kier molecular flexibility index (Phi) is 3.15. The van der Waals surface area contributed by atoms with E-state index in [9.17, 15) is 4.79 Å². The largest absolute Gasteiger partial charge is 0.360 e. The van der Waals surface area contributed by atoms with Crippen molar-refractivity contribution in [3.63, 3.8) is 0 Å². The second kappa shape index (κ2) is 5.30. The van der Waals surface area contributed by atoms with Crippen LogP contribution >= 0.6 is 0 Å². The van der Waals surface area contributed by atoms with Crippen LogP contribution < -0.4 is 4.90 Å². The fourth-order valence-electron chi connectivity index (χ4n) is 3.12. The predicted molar refractivity (Wildman–Crippen MR) is 87.7 cm³/mol. The van der Waals surface area contributed by atoms with Crippen LogP contribution in [0.3, 0.4) is 0 Å². The van der Waals surface area contributed by atoms with Gasteiger partial charge in [0.2, 0.25) is 5.91 Å². The standard InChI is InChI=1S/C18H17N3O/c22-18-6-1-2-9-21(18)14-5-3-4-13(10-14)15-12-20-17-7-8-19-11-16(15)17/h3-5,7-8,10-12,20H,1-2,6,9H2. The zero-order valence-corrected chi connectivity index (χ0v) is 12.2. The maximum absolute atomic E-state index is 12.1. The summed E-state index contributed by atoms with van der Waals surface area (Å²) in [5.74, 6) is 0.226. The molecule has 4 nitrogen and oxygen atoms in total. The van der Waals surface area contributed by atoms with Crippen molar-refractivity contribution in [2.45, 2.75) is 19.3 Å². The average molecular weight is 291 g/mol. The maximum atomic E-state index is 12.1. The number of H-pyrrole nitrogens is 1. The molecule has 1 fully saturated rings. The Morgan fingerprint density at radius 2 is 2.14 bits per heavy atom. The minimum Gasteiger partial charge on any atom is -0.360 e. The topological polar surface area (TPSA) is 49.0 Å². The lowest BCUT2D eigenvalue weighted by molar-refractivity contribution is -0.119. The first-order valence-corrected chi connectivity index (χ1v) is 7.65. The van der Waals surface area contributed by atoms with Gasteiger partial charge in [0.1, 0.15) is 0 Å². The molecule has 1 amide bonds. The van der Waals surface area contributed by atoms with Crippen molar-refractivity contribution in [1.29, 1.82) is 0 Å². The molecule has 0 aliphatic carbocycles. The number of benzene rings is 1. The van der Waals surface area contributed by atoms with Crippen LogP contribution in [0.4, 0.5) is 5.69 Å². The monoisotopic (exact) mass is 291 g/mol. The number of fused-ring (bicyclic) bond motifs is 1. The number of hydrogen-bond donors (Lipinski definition) is 1. The molecule has 2 aromatic heterocycles. The number of aromatic amines is 1. The molecule has 22 heavy (non-hydrogen) atoms. The van der Waals surface area contributed by atoms with Crippen molar-refractivity contribution in [2.24, 2.45) is 0 Å². The van der Waals surface area contributed by atoms with E-state index < -0.39 is 0 Å². The van der Waals surface area contributed by atoms with Crippen molar-refractivity contribution in [1.82, 2.24) is 9.97 Å². The lowest BCUT2D eigenvalue weighted by Crippen LogP contribution is -2.35. The van der Waals surface area contributed by atoms with E-state index >= 15 is 0 Å². The Hall–Kier alpha value is -2.62. The molecule has 110 valence electrons. The number of amides is 1. The van der Waals surface area contributed by atoms with E-state index in [0.717, 1.165) is 47.1 Å². The van der Waals surface area contributed by atoms with Crippen molar-refractivity contribution in [2.75, 3.05) is 11.4 Å². The quantitative estimate of drug-likeness (QED) is 0.781. The molecule has 0 atom stereocenters. The van der Waals surface area contributed by atoms with Gasteiger partial charge in [-0.25, -0.2) is 0 Å². The molecule has 1 saturated heterocycles. The van der Waals surface area contributed by atoms with Crippen molar-refractivity contribution in [3.05, 3.63) is 48.9 Å². The number of pyridine rings is 1. The van der Waals surface area contributed by atoms with Gasteiger partial charge in [-0.05, 0) is 36.6 Å². The fraction of sp³-hybridized carbons (Fsp3) is 0.222. The molecule has 0 radical (unpaired) electrons. The predicted octanol–water partition coefficient (Wildman–Crippen LogP) is 3.75. The summed E-state index contributed by atoms with van der Waals surface area (Å²) in [6.07, 6.45) is 8.39. The molecule has 1 aliphatic heterocycles. The van der Waals surface area contributed by atoms with Crippen LogP contribution in [0, 0.1) is 0 Å². The number of piperidine rings is 1. The Balaban J connectivity index is 1.77. The van der Waals surface area contributed by atoms with Crippen LogP contribution in [0.1, 0.15) is 19.3 Å². The highest BCUT2D eigenvalue weighted by molar-refractivity contribution is 5.97. The van der Waals surface area contributed by atoms with E-state index in [-0.39, 0.29) is 5.91 Å². The zero-order chi connectivity index (χ0) is 14.9. The fourth-order valence-corrected chi connectivity index (χ4v) is 3.12. The van der Waals surface area contributed by atoms with Gasteiger partial charge >= 0.3 is 0 Å². The van der Waals surface area contributed by atoms with Crippen LogP contribution in [0.25, 0.3) is 22.0 Å². The summed E-state index contributed by atoms with van der Waals surface area (Å²) in [6.45, 7) is 0.817. The van der Waals surface area contributed by atoms with Gasteiger partial charge in [-0.15, -0.1) is 0 Å². The first kappa shape index (κ1) is 13.1. The summed E-state index contributed by atoms with van der Waals surface area (Å²) in [4.78, 5) is 21.5. The number of anilines is 1. The number of nitrogens with one attached hydrogen (secondary N) is 1. The Morgan fingerprint density at radius 3 is 3.05 bits per heavy atom. The number of nitrogens with zero attached hydrogens (tertiary/aromatic N) is 2. The SMILES string of the molecule is O=C1CCCCN1c1cccc(-c2c[nH]c3ccncc23)c1. The van der Waals surface area contributed by atoms with Crippen LogP contribution in [-0.4, -0.2) is 22.4 Å². The van der Waals surface area contributed by atoms with E-state index in [2.05, 4.69) is 22.1 Å². The van der Waals surface area contributed by atoms with E-state index in [4.69, 9.17) is 0 Å². The van der Waals surface area contributed by atoms with Gasteiger partial charge in [0.05, 0.1) is 0 Å².